The van der Waals surface area contributed by atoms with E-state index in [9.17, 15) is 4.79 Å². The van der Waals surface area contributed by atoms with E-state index >= 15 is 0 Å². The van der Waals surface area contributed by atoms with Gasteiger partial charge in [-0.25, -0.2) is 0 Å². The lowest BCUT2D eigenvalue weighted by atomic mass is 9.88. The summed E-state index contributed by atoms with van der Waals surface area (Å²) in [6.07, 6.45) is 1.31. The van der Waals surface area contributed by atoms with E-state index in [2.05, 4.69) is 37.9 Å². The van der Waals surface area contributed by atoms with Gasteiger partial charge in [0, 0.05) is 37.6 Å². The van der Waals surface area contributed by atoms with Gasteiger partial charge in [0.05, 0.1) is 0 Å². The van der Waals surface area contributed by atoms with Crippen LogP contribution in [-0.4, -0.2) is 42.5 Å². The van der Waals surface area contributed by atoms with Crippen molar-refractivity contribution in [1.82, 2.24) is 10.2 Å². The molecule has 1 saturated heterocycles. The maximum absolute atomic E-state index is 11.8. The molecular weight excluding hydrogens is 309 g/mol. The Morgan fingerprint density at radius 2 is 1.76 bits per heavy atom. The van der Waals surface area contributed by atoms with Crippen molar-refractivity contribution in [2.24, 2.45) is 23.5 Å². The van der Waals surface area contributed by atoms with Crippen molar-refractivity contribution in [3.63, 3.8) is 0 Å². The zero-order chi connectivity index (χ0) is 14.6. The van der Waals surface area contributed by atoms with Crippen molar-refractivity contribution in [1.29, 1.82) is 0 Å². The van der Waals surface area contributed by atoms with Crippen molar-refractivity contribution in [2.45, 2.75) is 46.6 Å². The number of carbonyl (C=O) groups is 1. The average molecular weight is 342 g/mol. The van der Waals surface area contributed by atoms with Crippen LogP contribution in [0.15, 0.2) is 0 Å². The van der Waals surface area contributed by atoms with Gasteiger partial charge in [0.2, 0.25) is 5.91 Å². The van der Waals surface area contributed by atoms with Gasteiger partial charge in [0.1, 0.15) is 0 Å². The number of rotatable bonds is 5. The summed E-state index contributed by atoms with van der Waals surface area (Å²) in [5, 5.41) is 3.04. The molecule has 0 bridgehead atoms. The predicted octanol–water partition coefficient (Wildman–Crippen LogP) is 2.30. The third kappa shape index (κ3) is 7.18. The molecule has 21 heavy (non-hydrogen) atoms. The fourth-order valence-electron chi connectivity index (χ4n) is 2.85. The van der Waals surface area contributed by atoms with Crippen LogP contribution in [0.5, 0.6) is 0 Å². The van der Waals surface area contributed by atoms with E-state index in [0.29, 0.717) is 13.1 Å². The number of nitrogens with one attached hydrogen (secondary N) is 1. The number of nitrogens with two attached hydrogens (primary N) is 1. The summed E-state index contributed by atoms with van der Waals surface area (Å²) in [4.78, 5) is 14.3. The Morgan fingerprint density at radius 3 is 2.19 bits per heavy atom. The fraction of sp³-hybridized carbons (Fsp3) is 0.933. The summed E-state index contributed by atoms with van der Waals surface area (Å²) in [5.41, 5.74) is 5.53. The number of amides is 1. The molecule has 3 unspecified atom stereocenters. The summed E-state index contributed by atoms with van der Waals surface area (Å²) >= 11 is 0. The fourth-order valence-corrected chi connectivity index (χ4v) is 2.85. The van der Waals surface area contributed by atoms with E-state index in [1.807, 2.05) is 6.92 Å². The highest BCUT2D eigenvalue weighted by atomic mass is 35.5. The molecule has 1 rings (SSSR count). The topological polar surface area (TPSA) is 58.4 Å². The molecule has 128 valence electrons. The first-order chi connectivity index (χ1) is 8.76. The van der Waals surface area contributed by atoms with E-state index < -0.39 is 0 Å². The molecule has 0 aromatic rings. The molecule has 0 spiro atoms. The quantitative estimate of drug-likeness (QED) is 0.806. The van der Waals surface area contributed by atoms with Gasteiger partial charge in [-0.3, -0.25) is 9.69 Å². The van der Waals surface area contributed by atoms with Crippen molar-refractivity contribution in [3.8, 4) is 0 Å². The van der Waals surface area contributed by atoms with Crippen molar-refractivity contribution in [3.05, 3.63) is 0 Å². The van der Waals surface area contributed by atoms with Crippen LogP contribution in [0.4, 0.5) is 0 Å². The number of nitrogens with zero attached hydrogens (tertiary/aromatic N) is 1. The molecule has 0 aromatic carbocycles. The maximum atomic E-state index is 11.8. The molecule has 1 amide bonds. The van der Waals surface area contributed by atoms with Gasteiger partial charge < -0.3 is 11.1 Å². The molecule has 1 fully saturated rings. The van der Waals surface area contributed by atoms with Crippen LogP contribution in [-0.2, 0) is 4.79 Å². The normalized spacial score (nSPS) is 24.5. The third-order valence-corrected chi connectivity index (χ3v) is 4.22. The summed E-state index contributed by atoms with van der Waals surface area (Å²) < 4.78 is 0. The van der Waals surface area contributed by atoms with Gasteiger partial charge >= 0.3 is 0 Å². The van der Waals surface area contributed by atoms with Gasteiger partial charge in [-0.1, -0.05) is 20.8 Å². The van der Waals surface area contributed by atoms with Crippen LogP contribution in [0.1, 0.15) is 41.0 Å². The Balaban J connectivity index is 0. The Hall–Kier alpha value is -0.0300. The Bertz CT molecular complexity index is 303. The molecule has 6 heteroatoms. The molecule has 1 heterocycles. The van der Waals surface area contributed by atoms with E-state index in [0.717, 1.165) is 24.9 Å². The number of likely N-dealkylation sites (tertiary alicyclic amines) is 1. The highest BCUT2D eigenvalue weighted by Gasteiger charge is 2.33. The highest BCUT2D eigenvalue weighted by molar-refractivity contribution is 5.85. The standard InChI is InChI=1S/C15H31N3O.2ClH/c1-11-6-12(2)9-18(8-11)15(4,5)10-17-14(19)13(3)7-16;;/h11-13H,6-10,16H2,1-5H3,(H,17,19);2*1H. The molecule has 0 saturated carbocycles. The Kier molecular flexibility index (Phi) is 10.9. The molecule has 1 aliphatic heterocycles. The van der Waals surface area contributed by atoms with E-state index in [1.54, 1.807) is 0 Å². The van der Waals surface area contributed by atoms with Gasteiger partial charge in [-0.05, 0) is 32.1 Å². The zero-order valence-electron chi connectivity index (χ0n) is 14.0. The van der Waals surface area contributed by atoms with E-state index in [1.165, 1.54) is 6.42 Å². The second-order valence-electron chi connectivity index (χ2n) is 7.02. The number of halogens is 2. The Labute approximate surface area is 142 Å². The van der Waals surface area contributed by atoms with Crippen molar-refractivity contribution >= 4 is 30.7 Å². The van der Waals surface area contributed by atoms with Gasteiger partial charge in [-0.15, -0.1) is 24.8 Å². The van der Waals surface area contributed by atoms with Crippen molar-refractivity contribution in [2.75, 3.05) is 26.2 Å². The zero-order valence-corrected chi connectivity index (χ0v) is 15.6. The van der Waals surface area contributed by atoms with Gasteiger partial charge in [-0.2, -0.15) is 0 Å². The van der Waals surface area contributed by atoms with Crippen LogP contribution in [0.3, 0.4) is 0 Å². The molecule has 3 N–H and O–H groups in total. The smallest absolute Gasteiger partial charge is 0.224 e. The molecular formula is C15H33Cl2N3O. The molecule has 4 nitrogen and oxygen atoms in total. The summed E-state index contributed by atoms with van der Waals surface area (Å²) in [6, 6.07) is 0. The first kappa shape index (κ1) is 23.2. The van der Waals surface area contributed by atoms with Crippen LogP contribution in [0.2, 0.25) is 0 Å². The van der Waals surface area contributed by atoms with Crippen LogP contribution >= 0.6 is 24.8 Å². The second kappa shape index (κ2) is 9.88. The first-order valence-electron chi connectivity index (χ1n) is 7.49. The van der Waals surface area contributed by atoms with Crippen LogP contribution in [0.25, 0.3) is 0 Å². The maximum Gasteiger partial charge on any atom is 0.224 e. The number of carbonyl (C=O) groups excluding carboxylic acids is 1. The largest absolute Gasteiger partial charge is 0.354 e. The number of hydrogen-bond donors (Lipinski definition) is 2. The first-order valence-corrected chi connectivity index (χ1v) is 7.49. The third-order valence-electron chi connectivity index (χ3n) is 4.22. The van der Waals surface area contributed by atoms with Gasteiger partial charge in [0.25, 0.3) is 0 Å². The lowest BCUT2D eigenvalue weighted by Gasteiger charge is -2.45. The molecule has 1 aliphatic rings. The van der Waals surface area contributed by atoms with E-state index in [-0.39, 0.29) is 42.2 Å². The lowest BCUT2D eigenvalue weighted by molar-refractivity contribution is -0.124. The number of piperidine rings is 1. The lowest BCUT2D eigenvalue weighted by Crippen LogP contribution is -2.56. The monoisotopic (exact) mass is 341 g/mol. The second-order valence-corrected chi connectivity index (χ2v) is 7.02. The molecule has 0 aliphatic carbocycles. The minimum atomic E-state index is -0.102. The van der Waals surface area contributed by atoms with Crippen LogP contribution < -0.4 is 11.1 Å². The molecule has 0 aromatic heterocycles. The van der Waals surface area contributed by atoms with Gasteiger partial charge in [0.15, 0.2) is 0 Å². The van der Waals surface area contributed by atoms with Crippen molar-refractivity contribution < 1.29 is 4.79 Å². The number of hydrogen-bond acceptors (Lipinski definition) is 3. The highest BCUT2D eigenvalue weighted by Crippen LogP contribution is 2.26. The molecule has 3 atom stereocenters. The van der Waals surface area contributed by atoms with Crippen LogP contribution in [0, 0.1) is 17.8 Å². The average Bonchev–Trinajstić information content (AvgIpc) is 2.33. The summed E-state index contributed by atoms with van der Waals surface area (Å²) in [5.74, 6) is 1.44. The Morgan fingerprint density at radius 1 is 1.29 bits per heavy atom. The minimum Gasteiger partial charge on any atom is -0.354 e. The summed E-state index contributed by atoms with van der Waals surface area (Å²) in [7, 11) is 0. The predicted molar refractivity (Wildman–Crippen MR) is 94.3 cm³/mol. The minimum absolute atomic E-state index is 0. The molecule has 0 radical (unpaired) electrons. The van der Waals surface area contributed by atoms with E-state index in [4.69, 9.17) is 5.73 Å². The SMILES string of the molecule is CC1CC(C)CN(C(C)(C)CNC(=O)C(C)CN)C1.Cl.Cl. The summed E-state index contributed by atoms with van der Waals surface area (Å²) in [6.45, 7) is 14.3.